The van der Waals surface area contributed by atoms with E-state index in [1.54, 1.807) is 54.6 Å². The summed E-state index contributed by atoms with van der Waals surface area (Å²) in [4.78, 5) is 42.0. The minimum Gasteiger partial charge on any atom is -0.350 e. The van der Waals surface area contributed by atoms with Crippen molar-refractivity contribution in [2.24, 2.45) is 0 Å². The number of benzene rings is 4. The van der Waals surface area contributed by atoms with Crippen molar-refractivity contribution in [3.05, 3.63) is 129 Å². The SMILES string of the molecule is Cc1ccc(N2C(=O)C(Nc3ccccc3)=C(Sc3ccc(NC(=O)c4ccc(Cl)cc4)cc3)C2=O)cc1C. The standard InChI is InChI=1S/C31H24ClN3O3S/c1-19-8-15-25(18-20(19)2)35-30(37)27(33-23-6-4-3-5-7-23)28(31(35)38)39-26-16-13-24(14-17-26)34-29(36)21-9-11-22(32)12-10-21/h3-18,33H,1-2H3,(H,34,36). The molecule has 0 radical (unpaired) electrons. The third-order valence-corrected chi connectivity index (χ3v) is 7.61. The summed E-state index contributed by atoms with van der Waals surface area (Å²) >= 11 is 7.10. The number of amides is 3. The summed E-state index contributed by atoms with van der Waals surface area (Å²) in [6.07, 6.45) is 0. The molecule has 4 aromatic rings. The molecule has 0 unspecified atom stereocenters. The lowest BCUT2D eigenvalue weighted by Crippen LogP contribution is -2.32. The van der Waals surface area contributed by atoms with Gasteiger partial charge in [0.15, 0.2) is 0 Å². The first-order chi connectivity index (χ1) is 18.8. The van der Waals surface area contributed by atoms with E-state index in [0.29, 0.717) is 32.6 Å². The zero-order valence-electron chi connectivity index (χ0n) is 21.2. The molecule has 4 aromatic carbocycles. The number of aryl methyl sites for hydroxylation is 2. The number of carbonyl (C=O) groups is 3. The quantitative estimate of drug-likeness (QED) is 0.237. The van der Waals surface area contributed by atoms with E-state index < -0.39 is 11.8 Å². The molecule has 0 spiro atoms. The average Bonchev–Trinajstić information content (AvgIpc) is 3.16. The molecule has 0 fully saturated rings. The fourth-order valence-electron chi connectivity index (χ4n) is 4.01. The zero-order valence-corrected chi connectivity index (χ0v) is 22.8. The number of nitrogens with zero attached hydrogens (tertiary/aromatic N) is 1. The monoisotopic (exact) mass is 553 g/mol. The molecule has 6 nitrogen and oxygen atoms in total. The molecule has 1 aliphatic heterocycles. The Balaban J connectivity index is 1.40. The summed E-state index contributed by atoms with van der Waals surface area (Å²) in [6, 6.07) is 28.5. The smallest absolute Gasteiger partial charge is 0.283 e. The van der Waals surface area contributed by atoms with Crippen LogP contribution in [0.2, 0.25) is 5.02 Å². The van der Waals surface area contributed by atoms with E-state index in [4.69, 9.17) is 11.6 Å². The van der Waals surface area contributed by atoms with Gasteiger partial charge in [-0.05, 0) is 97.8 Å². The van der Waals surface area contributed by atoms with E-state index in [2.05, 4.69) is 10.6 Å². The molecule has 5 rings (SSSR count). The summed E-state index contributed by atoms with van der Waals surface area (Å²) in [5, 5.41) is 6.56. The highest BCUT2D eigenvalue weighted by Crippen LogP contribution is 2.38. The fraction of sp³-hybridized carbons (Fsp3) is 0.0645. The van der Waals surface area contributed by atoms with Gasteiger partial charge in [-0.15, -0.1) is 0 Å². The first-order valence-corrected chi connectivity index (χ1v) is 13.4. The lowest BCUT2D eigenvalue weighted by atomic mass is 10.1. The second-order valence-electron chi connectivity index (χ2n) is 9.00. The Morgan fingerprint density at radius 3 is 2.13 bits per heavy atom. The van der Waals surface area contributed by atoms with Crippen LogP contribution >= 0.6 is 23.4 Å². The molecule has 0 aliphatic carbocycles. The van der Waals surface area contributed by atoms with Crippen molar-refractivity contribution in [1.82, 2.24) is 0 Å². The summed E-state index contributed by atoms with van der Waals surface area (Å²) in [6.45, 7) is 3.93. The van der Waals surface area contributed by atoms with Gasteiger partial charge in [0.1, 0.15) is 10.6 Å². The van der Waals surface area contributed by atoms with Gasteiger partial charge < -0.3 is 10.6 Å². The largest absolute Gasteiger partial charge is 0.350 e. The van der Waals surface area contributed by atoms with Gasteiger partial charge in [-0.2, -0.15) is 0 Å². The Kier molecular flexibility index (Phi) is 7.54. The molecule has 39 heavy (non-hydrogen) atoms. The Labute approximate surface area is 235 Å². The van der Waals surface area contributed by atoms with Crippen molar-refractivity contribution in [3.63, 3.8) is 0 Å². The van der Waals surface area contributed by atoms with Crippen LogP contribution in [0.1, 0.15) is 21.5 Å². The molecule has 0 bridgehead atoms. The fourth-order valence-corrected chi connectivity index (χ4v) is 5.06. The second-order valence-corrected chi connectivity index (χ2v) is 10.5. The second kappa shape index (κ2) is 11.2. The molecule has 0 saturated heterocycles. The number of hydrogen-bond acceptors (Lipinski definition) is 5. The van der Waals surface area contributed by atoms with Crippen LogP contribution in [0.4, 0.5) is 17.1 Å². The van der Waals surface area contributed by atoms with Gasteiger partial charge in [0, 0.05) is 26.9 Å². The van der Waals surface area contributed by atoms with Gasteiger partial charge in [-0.1, -0.05) is 47.6 Å². The lowest BCUT2D eigenvalue weighted by Gasteiger charge is -2.16. The molecule has 1 heterocycles. The molecule has 0 saturated carbocycles. The molecule has 8 heteroatoms. The average molecular weight is 554 g/mol. The van der Waals surface area contributed by atoms with Gasteiger partial charge in [-0.25, -0.2) is 4.90 Å². The molecule has 0 aromatic heterocycles. The maximum Gasteiger partial charge on any atom is 0.283 e. The molecule has 194 valence electrons. The molecule has 3 amide bonds. The van der Waals surface area contributed by atoms with Crippen molar-refractivity contribution < 1.29 is 14.4 Å². The zero-order chi connectivity index (χ0) is 27.5. The van der Waals surface area contributed by atoms with Crippen LogP contribution in [0.25, 0.3) is 0 Å². The van der Waals surface area contributed by atoms with Crippen LogP contribution in [0.15, 0.2) is 113 Å². The van der Waals surface area contributed by atoms with Gasteiger partial charge in [0.2, 0.25) is 0 Å². The number of carbonyl (C=O) groups excluding carboxylic acids is 3. The predicted molar refractivity (Wildman–Crippen MR) is 157 cm³/mol. The van der Waals surface area contributed by atoms with Crippen molar-refractivity contribution in [3.8, 4) is 0 Å². The molecular formula is C31H24ClN3O3S. The topological polar surface area (TPSA) is 78.5 Å². The number of hydrogen-bond donors (Lipinski definition) is 2. The van der Waals surface area contributed by atoms with E-state index in [1.807, 2.05) is 56.3 Å². The van der Waals surface area contributed by atoms with Crippen molar-refractivity contribution in [2.75, 3.05) is 15.5 Å². The number of imide groups is 1. The third-order valence-electron chi connectivity index (χ3n) is 6.27. The van der Waals surface area contributed by atoms with Gasteiger partial charge in [-0.3, -0.25) is 14.4 Å². The number of rotatable bonds is 7. The van der Waals surface area contributed by atoms with Crippen molar-refractivity contribution in [1.29, 1.82) is 0 Å². The van der Waals surface area contributed by atoms with Crippen LogP contribution in [0.5, 0.6) is 0 Å². The maximum absolute atomic E-state index is 13.6. The highest BCUT2D eigenvalue weighted by Gasteiger charge is 2.40. The minimum absolute atomic E-state index is 0.217. The lowest BCUT2D eigenvalue weighted by molar-refractivity contribution is -0.120. The number of anilines is 3. The van der Waals surface area contributed by atoms with Crippen molar-refractivity contribution in [2.45, 2.75) is 18.7 Å². The van der Waals surface area contributed by atoms with E-state index in [0.717, 1.165) is 16.0 Å². The number of thioether (sulfide) groups is 1. The van der Waals surface area contributed by atoms with E-state index in [-0.39, 0.29) is 11.6 Å². The van der Waals surface area contributed by atoms with E-state index in [9.17, 15) is 14.4 Å². The summed E-state index contributed by atoms with van der Waals surface area (Å²) < 4.78 is 0. The highest BCUT2D eigenvalue weighted by atomic mass is 35.5. The third kappa shape index (κ3) is 5.74. The highest BCUT2D eigenvalue weighted by molar-refractivity contribution is 8.04. The van der Waals surface area contributed by atoms with Crippen LogP contribution in [-0.2, 0) is 9.59 Å². The van der Waals surface area contributed by atoms with Gasteiger partial charge in [0.05, 0.1) is 5.69 Å². The maximum atomic E-state index is 13.6. The number of halogens is 1. The Morgan fingerprint density at radius 2 is 1.46 bits per heavy atom. The minimum atomic E-state index is -0.415. The predicted octanol–water partition coefficient (Wildman–Crippen LogP) is 7.20. The first-order valence-electron chi connectivity index (χ1n) is 12.2. The Hall–Kier alpha value is -4.33. The van der Waals surface area contributed by atoms with E-state index in [1.165, 1.54) is 16.7 Å². The van der Waals surface area contributed by atoms with Crippen molar-refractivity contribution >= 4 is 58.1 Å². The van der Waals surface area contributed by atoms with Crippen LogP contribution < -0.4 is 15.5 Å². The van der Waals surface area contributed by atoms with Gasteiger partial charge in [0.25, 0.3) is 17.7 Å². The summed E-state index contributed by atoms with van der Waals surface area (Å²) in [5.74, 6) is -1.07. The van der Waals surface area contributed by atoms with Crippen LogP contribution in [0, 0.1) is 13.8 Å². The Bertz CT molecular complexity index is 1600. The van der Waals surface area contributed by atoms with E-state index >= 15 is 0 Å². The molecule has 2 N–H and O–H groups in total. The summed E-state index contributed by atoms with van der Waals surface area (Å²) in [7, 11) is 0. The number of nitrogens with one attached hydrogen (secondary N) is 2. The number of para-hydroxylation sites is 1. The Morgan fingerprint density at radius 1 is 0.769 bits per heavy atom. The van der Waals surface area contributed by atoms with Crippen LogP contribution in [-0.4, -0.2) is 17.7 Å². The first kappa shape index (κ1) is 26.3. The van der Waals surface area contributed by atoms with Gasteiger partial charge >= 0.3 is 0 Å². The molecule has 0 atom stereocenters. The molecule has 1 aliphatic rings. The summed E-state index contributed by atoms with van der Waals surface area (Å²) in [5.41, 5.74) is 4.59. The molecular weight excluding hydrogens is 530 g/mol. The van der Waals surface area contributed by atoms with Crippen LogP contribution in [0.3, 0.4) is 0 Å². The normalized spacial score (nSPS) is 13.2.